The van der Waals surface area contributed by atoms with Crippen LogP contribution in [0.25, 0.3) is 0 Å². The largest absolute Gasteiger partial charge is 1.00 e. The minimum atomic E-state index is 0. The molecule has 1 unspecified atom stereocenters. The molecule has 1 aromatic rings. The third kappa shape index (κ3) is 6.42. The van der Waals surface area contributed by atoms with Crippen molar-refractivity contribution in [2.24, 2.45) is 5.92 Å². The van der Waals surface area contributed by atoms with Gasteiger partial charge < -0.3 is 17.0 Å². The number of hydrogen-bond acceptors (Lipinski definition) is 1. The number of pyridine rings is 1. The van der Waals surface area contributed by atoms with E-state index < -0.39 is 0 Å². The fourth-order valence-electron chi connectivity index (χ4n) is 4.07. The maximum absolute atomic E-state index is 2.50. The molecule has 4 heteroatoms. The van der Waals surface area contributed by atoms with Crippen LogP contribution in [0, 0.1) is 5.92 Å². The SMILES string of the molecule is Br.CN1CCCC1c1ccc[n+](CCCCCCC2CCC2)c1.[Br-]. The second kappa shape index (κ2) is 11.6. The Kier molecular flexibility index (Phi) is 10.7. The van der Waals surface area contributed by atoms with Gasteiger partial charge in [0.15, 0.2) is 12.4 Å². The average molecular weight is 462 g/mol. The Labute approximate surface area is 169 Å². The van der Waals surface area contributed by atoms with Gasteiger partial charge in [-0.1, -0.05) is 38.5 Å². The monoisotopic (exact) mass is 460 g/mol. The lowest BCUT2D eigenvalue weighted by molar-refractivity contribution is -0.697. The van der Waals surface area contributed by atoms with E-state index in [2.05, 4.69) is 41.0 Å². The van der Waals surface area contributed by atoms with Crippen molar-refractivity contribution in [2.75, 3.05) is 13.6 Å². The van der Waals surface area contributed by atoms with E-state index in [0.717, 1.165) is 5.92 Å². The highest BCUT2D eigenvalue weighted by atomic mass is 79.9. The van der Waals surface area contributed by atoms with Crippen LogP contribution in [0.3, 0.4) is 0 Å². The molecule has 1 atom stereocenters. The molecule has 0 spiro atoms. The lowest BCUT2D eigenvalue weighted by Crippen LogP contribution is -3.00. The summed E-state index contributed by atoms with van der Waals surface area (Å²) in [6.07, 6.45) is 18.9. The van der Waals surface area contributed by atoms with Gasteiger partial charge in [-0.05, 0) is 44.8 Å². The first-order chi connectivity index (χ1) is 10.8. The van der Waals surface area contributed by atoms with E-state index in [0.29, 0.717) is 6.04 Å². The normalized spacial score (nSPS) is 21.0. The van der Waals surface area contributed by atoms with Crippen molar-refractivity contribution >= 4 is 17.0 Å². The first-order valence-electron chi connectivity index (χ1n) is 9.52. The topological polar surface area (TPSA) is 7.12 Å². The second-order valence-electron chi connectivity index (χ2n) is 7.51. The summed E-state index contributed by atoms with van der Waals surface area (Å²) >= 11 is 0. The molecule has 0 amide bonds. The number of halogens is 2. The smallest absolute Gasteiger partial charge is 0.173 e. The molecule has 1 saturated carbocycles. The molecule has 0 aromatic carbocycles. The molecule has 0 bridgehead atoms. The van der Waals surface area contributed by atoms with E-state index in [1.165, 1.54) is 82.9 Å². The van der Waals surface area contributed by atoms with Crippen molar-refractivity contribution < 1.29 is 21.5 Å². The average Bonchev–Trinajstić information content (AvgIpc) is 2.91. The number of nitrogens with zero attached hydrogens (tertiary/aromatic N) is 2. The molecule has 1 saturated heterocycles. The molecule has 1 aromatic heterocycles. The predicted octanol–water partition coefficient (Wildman–Crippen LogP) is 2.07. The Morgan fingerprint density at radius 3 is 2.54 bits per heavy atom. The van der Waals surface area contributed by atoms with Crippen molar-refractivity contribution in [3.63, 3.8) is 0 Å². The zero-order chi connectivity index (χ0) is 15.2. The molecule has 2 nitrogen and oxygen atoms in total. The van der Waals surface area contributed by atoms with Crippen LogP contribution in [0.4, 0.5) is 0 Å². The maximum atomic E-state index is 2.50. The molecule has 2 aliphatic rings. The standard InChI is InChI=1S/C20H33N2.2BrH/c1-21-14-8-13-20(21)19-12-7-16-22(17-19)15-5-3-2-4-9-18-10-6-11-18;;/h7,12,16-18,20H,2-6,8-11,13-15H2,1H3;2*1H/q+1;;/p-1. The molecule has 0 radical (unpaired) electrons. The summed E-state index contributed by atoms with van der Waals surface area (Å²) in [4.78, 5) is 2.50. The summed E-state index contributed by atoms with van der Waals surface area (Å²) in [5.41, 5.74) is 1.51. The van der Waals surface area contributed by atoms with Crippen LogP contribution in [0.2, 0.25) is 0 Å². The van der Waals surface area contributed by atoms with E-state index in [1.807, 2.05) is 0 Å². The van der Waals surface area contributed by atoms with E-state index in [9.17, 15) is 0 Å². The summed E-state index contributed by atoms with van der Waals surface area (Å²) < 4.78 is 2.41. The number of rotatable bonds is 8. The number of unbranched alkanes of at least 4 members (excludes halogenated alkanes) is 3. The Bertz CT molecular complexity index is 463. The van der Waals surface area contributed by atoms with Gasteiger partial charge in [0.05, 0.1) is 0 Å². The van der Waals surface area contributed by atoms with Gasteiger partial charge in [0.2, 0.25) is 0 Å². The Morgan fingerprint density at radius 1 is 1.08 bits per heavy atom. The van der Waals surface area contributed by atoms with E-state index in [1.54, 1.807) is 0 Å². The summed E-state index contributed by atoms with van der Waals surface area (Å²) in [7, 11) is 2.26. The maximum Gasteiger partial charge on any atom is 0.173 e. The summed E-state index contributed by atoms with van der Waals surface area (Å²) in [5.74, 6) is 1.09. The van der Waals surface area contributed by atoms with Crippen LogP contribution in [-0.4, -0.2) is 18.5 Å². The van der Waals surface area contributed by atoms with Crippen molar-refractivity contribution in [3.05, 3.63) is 30.1 Å². The zero-order valence-corrected chi connectivity index (χ0v) is 18.4. The van der Waals surface area contributed by atoms with E-state index in [-0.39, 0.29) is 34.0 Å². The van der Waals surface area contributed by atoms with Crippen LogP contribution in [-0.2, 0) is 6.54 Å². The fraction of sp³-hybridized carbons (Fsp3) is 0.750. The highest BCUT2D eigenvalue weighted by molar-refractivity contribution is 8.93. The quantitative estimate of drug-likeness (QED) is 0.424. The molecule has 24 heavy (non-hydrogen) atoms. The molecule has 138 valence electrons. The number of likely N-dealkylation sites (tertiary alicyclic amines) is 1. The molecular weight excluding hydrogens is 428 g/mol. The van der Waals surface area contributed by atoms with Crippen LogP contribution < -0.4 is 21.5 Å². The lowest BCUT2D eigenvalue weighted by Gasteiger charge is -2.24. The Morgan fingerprint density at radius 2 is 1.88 bits per heavy atom. The first-order valence-corrected chi connectivity index (χ1v) is 9.52. The number of aryl methyl sites for hydroxylation is 1. The molecule has 2 heterocycles. The van der Waals surface area contributed by atoms with Crippen LogP contribution in [0.1, 0.15) is 75.8 Å². The van der Waals surface area contributed by atoms with Crippen molar-refractivity contribution in [1.82, 2.24) is 4.90 Å². The highest BCUT2D eigenvalue weighted by Crippen LogP contribution is 2.31. The van der Waals surface area contributed by atoms with Crippen LogP contribution in [0.15, 0.2) is 24.5 Å². The Hall–Kier alpha value is 0.0700. The highest BCUT2D eigenvalue weighted by Gasteiger charge is 2.24. The summed E-state index contributed by atoms with van der Waals surface area (Å²) in [5, 5.41) is 0. The summed E-state index contributed by atoms with van der Waals surface area (Å²) in [6.45, 7) is 2.44. The third-order valence-corrected chi connectivity index (χ3v) is 5.79. The minimum absolute atomic E-state index is 0. The Balaban J connectivity index is 0.00000144. The lowest BCUT2D eigenvalue weighted by atomic mass is 9.82. The van der Waals surface area contributed by atoms with Gasteiger partial charge in [-0.3, -0.25) is 4.90 Å². The van der Waals surface area contributed by atoms with E-state index in [4.69, 9.17) is 0 Å². The van der Waals surface area contributed by atoms with Crippen LogP contribution in [0.5, 0.6) is 0 Å². The van der Waals surface area contributed by atoms with Crippen molar-refractivity contribution in [1.29, 1.82) is 0 Å². The molecular formula is C20H34Br2N2. The number of aromatic nitrogens is 1. The third-order valence-electron chi connectivity index (χ3n) is 5.79. The van der Waals surface area contributed by atoms with Gasteiger partial charge in [0.25, 0.3) is 0 Å². The minimum Gasteiger partial charge on any atom is -1.00 e. The molecule has 2 fully saturated rings. The van der Waals surface area contributed by atoms with Crippen LogP contribution >= 0.6 is 17.0 Å². The molecule has 3 rings (SSSR count). The second-order valence-corrected chi connectivity index (χ2v) is 7.51. The van der Waals surface area contributed by atoms with Crippen molar-refractivity contribution in [2.45, 2.75) is 76.8 Å². The molecule has 1 aliphatic heterocycles. The van der Waals surface area contributed by atoms with E-state index >= 15 is 0 Å². The van der Waals surface area contributed by atoms with Gasteiger partial charge in [0, 0.05) is 24.1 Å². The molecule has 0 N–H and O–H groups in total. The zero-order valence-electron chi connectivity index (χ0n) is 15.1. The fourth-order valence-corrected chi connectivity index (χ4v) is 4.07. The predicted molar refractivity (Wildman–Crippen MR) is 102 cm³/mol. The molecule has 1 aliphatic carbocycles. The van der Waals surface area contributed by atoms with Gasteiger partial charge >= 0.3 is 0 Å². The van der Waals surface area contributed by atoms with Gasteiger partial charge in [-0.2, -0.15) is 0 Å². The van der Waals surface area contributed by atoms with Crippen molar-refractivity contribution in [3.8, 4) is 0 Å². The van der Waals surface area contributed by atoms with Gasteiger partial charge in [-0.15, -0.1) is 17.0 Å². The summed E-state index contributed by atoms with van der Waals surface area (Å²) in [6, 6.07) is 5.19. The first kappa shape index (κ1) is 22.1. The van der Waals surface area contributed by atoms with Gasteiger partial charge in [0.1, 0.15) is 6.54 Å². The number of hydrogen-bond donors (Lipinski definition) is 0. The van der Waals surface area contributed by atoms with Gasteiger partial charge in [-0.25, -0.2) is 4.57 Å².